The highest BCUT2D eigenvalue weighted by molar-refractivity contribution is 7.16. The molecular formula is C13H20ClN3OS. The van der Waals surface area contributed by atoms with Crippen molar-refractivity contribution in [2.45, 2.75) is 6.54 Å². The van der Waals surface area contributed by atoms with Crippen LogP contribution in [0.3, 0.4) is 0 Å². The Kier molecular flexibility index (Phi) is 6.00. The molecule has 0 aliphatic heterocycles. The van der Waals surface area contributed by atoms with Crippen molar-refractivity contribution in [3.63, 3.8) is 0 Å². The maximum atomic E-state index is 11.6. The van der Waals surface area contributed by atoms with Crippen molar-refractivity contribution in [2.24, 2.45) is 7.05 Å². The predicted octanol–water partition coefficient (Wildman–Crippen LogP) is 1.67. The molecule has 0 radical (unpaired) electrons. The second-order valence-electron chi connectivity index (χ2n) is 4.57. The average Bonchev–Trinajstić information content (AvgIpc) is 2.62. The molecule has 0 aliphatic rings. The molecule has 0 bridgehead atoms. The van der Waals surface area contributed by atoms with Gasteiger partial charge in [-0.3, -0.25) is 4.79 Å². The van der Waals surface area contributed by atoms with Gasteiger partial charge in [-0.25, -0.2) is 0 Å². The predicted molar refractivity (Wildman–Crippen MR) is 84.6 cm³/mol. The van der Waals surface area contributed by atoms with Crippen molar-refractivity contribution < 1.29 is 0 Å². The largest absolute Gasteiger partial charge is 0.318 e. The minimum Gasteiger partial charge on any atom is -0.318 e. The zero-order chi connectivity index (χ0) is 13.1. The van der Waals surface area contributed by atoms with E-state index in [-0.39, 0.29) is 17.3 Å². The normalized spacial score (nSPS) is 10.9. The molecular weight excluding hydrogens is 282 g/mol. The molecule has 2 rings (SSSR count). The van der Waals surface area contributed by atoms with E-state index in [1.807, 2.05) is 20.2 Å². The number of rotatable bonds is 5. The van der Waals surface area contributed by atoms with Crippen LogP contribution in [0.5, 0.6) is 0 Å². The Hall–Kier alpha value is -0.880. The quantitative estimate of drug-likeness (QED) is 0.913. The fourth-order valence-corrected chi connectivity index (χ4v) is 2.91. The molecule has 1 aromatic carbocycles. The van der Waals surface area contributed by atoms with Crippen LogP contribution in [-0.4, -0.2) is 36.7 Å². The van der Waals surface area contributed by atoms with Gasteiger partial charge in [-0.2, -0.15) is 0 Å². The van der Waals surface area contributed by atoms with Gasteiger partial charge in [0.25, 0.3) is 0 Å². The molecule has 0 amide bonds. The average molecular weight is 302 g/mol. The van der Waals surface area contributed by atoms with Crippen molar-refractivity contribution in [1.29, 1.82) is 0 Å². The molecule has 1 N–H and O–H groups in total. The summed E-state index contributed by atoms with van der Waals surface area (Å²) in [6.45, 7) is 2.91. The number of fused-ring (bicyclic) bond motifs is 1. The molecule has 0 atom stereocenters. The van der Waals surface area contributed by atoms with E-state index in [2.05, 4.69) is 29.4 Å². The van der Waals surface area contributed by atoms with Crippen LogP contribution in [-0.2, 0) is 13.6 Å². The van der Waals surface area contributed by atoms with E-state index < -0.39 is 0 Å². The molecule has 1 heterocycles. The van der Waals surface area contributed by atoms with Crippen LogP contribution >= 0.6 is 23.7 Å². The second kappa shape index (κ2) is 7.05. The molecule has 0 fully saturated rings. The summed E-state index contributed by atoms with van der Waals surface area (Å²) >= 11 is 1.31. The van der Waals surface area contributed by atoms with Crippen LogP contribution < -0.4 is 10.2 Å². The van der Waals surface area contributed by atoms with Crippen molar-refractivity contribution in [3.05, 3.63) is 33.4 Å². The smallest absolute Gasteiger partial charge is 0.307 e. The molecule has 0 saturated carbocycles. The van der Waals surface area contributed by atoms with Gasteiger partial charge in [0.05, 0.1) is 10.2 Å². The molecule has 0 aliphatic carbocycles. The number of hydrogen-bond donors (Lipinski definition) is 1. The Morgan fingerprint density at radius 2 is 2.16 bits per heavy atom. The number of likely N-dealkylation sites (N-methyl/N-ethyl adjacent to an activating group) is 2. The third-order valence-corrected chi connectivity index (χ3v) is 4.05. The minimum atomic E-state index is 0. The zero-order valence-electron chi connectivity index (χ0n) is 11.5. The fraction of sp³-hybridized carbons (Fsp3) is 0.462. The number of benzene rings is 1. The van der Waals surface area contributed by atoms with Gasteiger partial charge < -0.3 is 14.8 Å². The SMILES string of the molecule is CNCCN(C)Cc1ccc2c(c1)sc(=O)n2C.Cl. The van der Waals surface area contributed by atoms with Gasteiger partial charge in [0.2, 0.25) is 0 Å². The number of hydrogen-bond acceptors (Lipinski definition) is 4. The molecule has 19 heavy (non-hydrogen) atoms. The first-order valence-electron chi connectivity index (χ1n) is 6.03. The van der Waals surface area contributed by atoms with E-state index in [1.165, 1.54) is 16.9 Å². The molecule has 0 spiro atoms. The maximum absolute atomic E-state index is 11.6. The molecule has 0 saturated heterocycles. The number of aryl methyl sites for hydroxylation is 1. The fourth-order valence-electron chi connectivity index (χ4n) is 1.97. The Labute approximate surface area is 123 Å². The maximum Gasteiger partial charge on any atom is 0.307 e. The van der Waals surface area contributed by atoms with Crippen molar-refractivity contribution in [3.8, 4) is 0 Å². The van der Waals surface area contributed by atoms with Crippen LogP contribution in [0.25, 0.3) is 10.2 Å². The first kappa shape index (κ1) is 16.2. The number of halogens is 1. The molecule has 4 nitrogen and oxygen atoms in total. The van der Waals surface area contributed by atoms with Gasteiger partial charge in [0.1, 0.15) is 0 Å². The van der Waals surface area contributed by atoms with Gasteiger partial charge in [0, 0.05) is 26.7 Å². The highest BCUT2D eigenvalue weighted by atomic mass is 35.5. The standard InChI is InChI=1S/C13H19N3OS.ClH/c1-14-6-7-15(2)9-10-4-5-11-12(8-10)18-13(17)16(11)3;/h4-5,8,14H,6-7,9H2,1-3H3;1H. The first-order chi connectivity index (χ1) is 8.61. The van der Waals surface area contributed by atoms with E-state index in [1.54, 1.807) is 4.57 Å². The molecule has 106 valence electrons. The van der Waals surface area contributed by atoms with Gasteiger partial charge in [0.15, 0.2) is 0 Å². The van der Waals surface area contributed by atoms with Gasteiger partial charge >= 0.3 is 4.87 Å². The third kappa shape index (κ3) is 3.79. The van der Waals surface area contributed by atoms with Crippen LogP contribution in [0.4, 0.5) is 0 Å². The van der Waals surface area contributed by atoms with E-state index in [4.69, 9.17) is 0 Å². The summed E-state index contributed by atoms with van der Waals surface area (Å²) in [6, 6.07) is 6.26. The number of aromatic nitrogens is 1. The second-order valence-corrected chi connectivity index (χ2v) is 5.56. The highest BCUT2D eigenvalue weighted by Gasteiger charge is 2.06. The highest BCUT2D eigenvalue weighted by Crippen LogP contribution is 2.18. The summed E-state index contributed by atoms with van der Waals surface area (Å²) in [5.41, 5.74) is 2.27. The monoisotopic (exact) mass is 301 g/mol. The summed E-state index contributed by atoms with van der Waals surface area (Å²) in [7, 11) is 5.89. The zero-order valence-corrected chi connectivity index (χ0v) is 13.1. The Balaban J connectivity index is 0.00000180. The minimum absolute atomic E-state index is 0. The summed E-state index contributed by atoms with van der Waals surface area (Å²) < 4.78 is 2.77. The lowest BCUT2D eigenvalue weighted by atomic mass is 10.2. The lowest BCUT2D eigenvalue weighted by Crippen LogP contribution is -2.26. The van der Waals surface area contributed by atoms with Crippen LogP contribution in [0.2, 0.25) is 0 Å². The topological polar surface area (TPSA) is 37.3 Å². The van der Waals surface area contributed by atoms with Crippen molar-refractivity contribution >= 4 is 34.0 Å². The molecule has 2 aromatic rings. The van der Waals surface area contributed by atoms with Gasteiger partial charge in [-0.1, -0.05) is 17.4 Å². The Morgan fingerprint density at radius 1 is 1.42 bits per heavy atom. The lowest BCUT2D eigenvalue weighted by molar-refractivity contribution is 0.328. The van der Waals surface area contributed by atoms with Crippen LogP contribution in [0, 0.1) is 0 Å². The molecule has 0 unspecified atom stereocenters. The van der Waals surface area contributed by atoms with Gasteiger partial charge in [-0.15, -0.1) is 12.4 Å². The van der Waals surface area contributed by atoms with Crippen molar-refractivity contribution in [1.82, 2.24) is 14.8 Å². The molecule has 1 aromatic heterocycles. The van der Waals surface area contributed by atoms with E-state index >= 15 is 0 Å². The van der Waals surface area contributed by atoms with E-state index in [0.29, 0.717) is 0 Å². The van der Waals surface area contributed by atoms with Crippen LogP contribution in [0.15, 0.2) is 23.0 Å². The van der Waals surface area contributed by atoms with Crippen molar-refractivity contribution in [2.75, 3.05) is 27.2 Å². The number of nitrogens with one attached hydrogen (secondary N) is 1. The summed E-state index contributed by atoms with van der Waals surface area (Å²) in [4.78, 5) is 13.9. The number of thiazole rings is 1. The summed E-state index contributed by atoms with van der Waals surface area (Å²) in [6.07, 6.45) is 0. The molecule has 6 heteroatoms. The van der Waals surface area contributed by atoms with Gasteiger partial charge in [-0.05, 0) is 31.8 Å². The Bertz CT molecular complexity index is 593. The van der Waals surface area contributed by atoms with E-state index in [9.17, 15) is 4.79 Å². The summed E-state index contributed by atoms with van der Waals surface area (Å²) in [5, 5.41) is 3.14. The van der Waals surface area contributed by atoms with Crippen LogP contribution in [0.1, 0.15) is 5.56 Å². The third-order valence-electron chi connectivity index (χ3n) is 3.05. The number of nitrogens with zero attached hydrogens (tertiary/aromatic N) is 2. The first-order valence-corrected chi connectivity index (χ1v) is 6.85. The lowest BCUT2D eigenvalue weighted by Gasteiger charge is -2.16. The Morgan fingerprint density at radius 3 is 2.84 bits per heavy atom. The van der Waals surface area contributed by atoms with E-state index in [0.717, 1.165) is 29.9 Å². The summed E-state index contributed by atoms with van der Waals surface area (Å²) in [5.74, 6) is 0.